The number of thiophene rings is 2. The molecule has 2 aromatic heterocycles. The lowest BCUT2D eigenvalue weighted by Gasteiger charge is -2.02. The molecular weight excluding hydrogens is 288 g/mol. The van der Waals surface area contributed by atoms with Crippen LogP contribution in [0.3, 0.4) is 0 Å². The molecule has 0 aromatic carbocycles. The largest absolute Gasteiger partial charge is 0.330 e. The molecule has 7 heteroatoms. The van der Waals surface area contributed by atoms with Gasteiger partial charge in [0, 0.05) is 11.4 Å². The van der Waals surface area contributed by atoms with Gasteiger partial charge in [0.25, 0.3) is 0 Å². The number of rotatable bonds is 6. The molecule has 0 saturated carbocycles. The molecule has 0 radical (unpaired) electrons. The summed E-state index contributed by atoms with van der Waals surface area (Å²) in [5, 5.41) is 3.85. The number of nitrogens with two attached hydrogens (primary N) is 1. The fourth-order valence-corrected chi connectivity index (χ4v) is 4.52. The predicted octanol–water partition coefficient (Wildman–Crippen LogP) is 1.79. The van der Waals surface area contributed by atoms with E-state index in [9.17, 15) is 8.42 Å². The molecule has 0 atom stereocenters. The third-order valence-corrected chi connectivity index (χ3v) is 6.11. The van der Waals surface area contributed by atoms with Gasteiger partial charge in [0.05, 0.1) is 0 Å². The lowest BCUT2D eigenvalue weighted by atomic mass is 10.3. The van der Waals surface area contributed by atoms with Crippen molar-refractivity contribution < 1.29 is 8.42 Å². The molecule has 0 saturated heterocycles. The van der Waals surface area contributed by atoms with Gasteiger partial charge in [-0.25, -0.2) is 13.1 Å². The number of sulfonamides is 1. The fourth-order valence-electron chi connectivity index (χ4n) is 1.42. The smallest absolute Gasteiger partial charge is 0.250 e. The molecule has 0 fully saturated rings. The number of hydrogen-bond donors (Lipinski definition) is 2. The minimum atomic E-state index is -3.40. The van der Waals surface area contributed by atoms with Crippen molar-refractivity contribution in [3.8, 4) is 0 Å². The molecule has 0 aliphatic carbocycles. The van der Waals surface area contributed by atoms with E-state index in [0.717, 1.165) is 10.4 Å². The van der Waals surface area contributed by atoms with E-state index in [1.165, 1.54) is 11.3 Å². The molecule has 0 aliphatic rings. The highest BCUT2D eigenvalue weighted by molar-refractivity contribution is 7.91. The van der Waals surface area contributed by atoms with E-state index in [1.54, 1.807) is 17.4 Å². The first-order valence-electron chi connectivity index (χ1n) is 5.41. The molecule has 3 N–H and O–H groups in total. The predicted molar refractivity (Wildman–Crippen MR) is 75.4 cm³/mol. The van der Waals surface area contributed by atoms with Gasteiger partial charge in [-0.1, -0.05) is 0 Å². The minimum Gasteiger partial charge on any atom is -0.330 e. The van der Waals surface area contributed by atoms with Crippen LogP contribution in [0.5, 0.6) is 0 Å². The van der Waals surface area contributed by atoms with E-state index in [2.05, 4.69) is 4.72 Å². The molecular formula is C11H14N2O2S3. The lowest BCUT2D eigenvalue weighted by Crippen LogP contribution is -2.22. The van der Waals surface area contributed by atoms with Crippen LogP contribution in [-0.2, 0) is 23.0 Å². The average molecular weight is 302 g/mol. The Kier molecular flexibility index (Phi) is 4.52. The fraction of sp³-hybridized carbons (Fsp3) is 0.273. The summed E-state index contributed by atoms with van der Waals surface area (Å²) in [7, 11) is -3.40. The van der Waals surface area contributed by atoms with Crippen LogP contribution in [-0.4, -0.2) is 15.0 Å². The Morgan fingerprint density at radius 1 is 1.28 bits per heavy atom. The molecule has 0 bridgehead atoms. The van der Waals surface area contributed by atoms with E-state index in [1.807, 2.05) is 22.9 Å². The first-order valence-corrected chi connectivity index (χ1v) is 8.65. The highest BCUT2D eigenvalue weighted by Crippen LogP contribution is 2.22. The van der Waals surface area contributed by atoms with Crippen molar-refractivity contribution >= 4 is 32.7 Å². The zero-order valence-electron chi connectivity index (χ0n) is 9.63. The van der Waals surface area contributed by atoms with Crippen LogP contribution in [0.2, 0.25) is 0 Å². The van der Waals surface area contributed by atoms with Crippen molar-refractivity contribution in [1.29, 1.82) is 0 Å². The van der Waals surface area contributed by atoms with Gasteiger partial charge in [-0.3, -0.25) is 0 Å². The molecule has 0 amide bonds. The molecule has 98 valence electrons. The summed E-state index contributed by atoms with van der Waals surface area (Å²) >= 11 is 2.82. The summed E-state index contributed by atoms with van der Waals surface area (Å²) in [6.45, 7) is 0.859. The van der Waals surface area contributed by atoms with Gasteiger partial charge in [0.1, 0.15) is 4.21 Å². The zero-order chi connectivity index (χ0) is 13.0. The van der Waals surface area contributed by atoms with E-state index in [0.29, 0.717) is 23.7 Å². The topological polar surface area (TPSA) is 72.2 Å². The van der Waals surface area contributed by atoms with Gasteiger partial charge in [-0.05, 0) is 47.5 Å². The van der Waals surface area contributed by atoms with Gasteiger partial charge in [0.15, 0.2) is 0 Å². The third-order valence-electron chi connectivity index (χ3n) is 2.34. The van der Waals surface area contributed by atoms with Gasteiger partial charge in [-0.15, -0.1) is 11.3 Å². The maximum absolute atomic E-state index is 12.0. The molecule has 0 aliphatic heterocycles. The van der Waals surface area contributed by atoms with Crippen LogP contribution in [0, 0.1) is 0 Å². The van der Waals surface area contributed by atoms with Gasteiger partial charge < -0.3 is 5.73 Å². The standard InChI is InChI=1S/C11H14N2O2S3/c12-5-3-10-1-2-11(17-10)18(14,15)13-7-9-4-6-16-8-9/h1-2,4,6,8,13H,3,5,7,12H2. The second kappa shape index (κ2) is 5.94. The highest BCUT2D eigenvalue weighted by atomic mass is 32.2. The molecule has 0 spiro atoms. The summed E-state index contributed by atoms with van der Waals surface area (Å²) in [5.41, 5.74) is 6.42. The van der Waals surface area contributed by atoms with Crippen molar-refractivity contribution in [2.24, 2.45) is 5.73 Å². The van der Waals surface area contributed by atoms with E-state index >= 15 is 0 Å². The van der Waals surface area contributed by atoms with Crippen molar-refractivity contribution in [2.75, 3.05) is 6.54 Å². The van der Waals surface area contributed by atoms with Crippen molar-refractivity contribution in [3.63, 3.8) is 0 Å². The molecule has 2 rings (SSSR count). The van der Waals surface area contributed by atoms with Crippen LogP contribution < -0.4 is 10.5 Å². The average Bonchev–Trinajstić information content (AvgIpc) is 2.98. The van der Waals surface area contributed by atoms with Crippen LogP contribution in [0.1, 0.15) is 10.4 Å². The van der Waals surface area contributed by atoms with Crippen LogP contribution >= 0.6 is 22.7 Å². The Bertz CT molecular complexity index is 588. The summed E-state index contributed by atoms with van der Waals surface area (Å²) < 4.78 is 27.0. The van der Waals surface area contributed by atoms with Crippen LogP contribution in [0.25, 0.3) is 0 Å². The number of hydrogen-bond acceptors (Lipinski definition) is 5. The Morgan fingerprint density at radius 2 is 2.11 bits per heavy atom. The molecule has 0 unspecified atom stereocenters. The first-order chi connectivity index (χ1) is 8.62. The summed E-state index contributed by atoms with van der Waals surface area (Å²) in [6.07, 6.45) is 0.713. The molecule has 4 nitrogen and oxygen atoms in total. The maximum atomic E-state index is 12.0. The molecule has 18 heavy (non-hydrogen) atoms. The normalized spacial score (nSPS) is 11.8. The lowest BCUT2D eigenvalue weighted by molar-refractivity contribution is 0.583. The van der Waals surface area contributed by atoms with E-state index in [4.69, 9.17) is 5.73 Å². The third kappa shape index (κ3) is 3.39. The SMILES string of the molecule is NCCc1ccc(S(=O)(=O)NCc2ccsc2)s1. The van der Waals surface area contributed by atoms with E-state index in [-0.39, 0.29) is 0 Å². The minimum absolute atomic E-state index is 0.329. The summed E-state index contributed by atoms with van der Waals surface area (Å²) in [6, 6.07) is 5.35. The van der Waals surface area contributed by atoms with E-state index < -0.39 is 10.0 Å². The summed E-state index contributed by atoms with van der Waals surface area (Å²) in [4.78, 5) is 0.994. The Labute approximate surface area is 115 Å². The second-order valence-corrected chi connectivity index (χ2v) is 7.66. The molecule has 2 heterocycles. The maximum Gasteiger partial charge on any atom is 0.250 e. The Morgan fingerprint density at radius 3 is 2.78 bits per heavy atom. The van der Waals surface area contributed by atoms with Gasteiger partial charge in [-0.2, -0.15) is 11.3 Å². The quantitative estimate of drug-likeness (QED) is 0.854. The van der Waals surface area contributed by atoms with Crippen LogP contribution in [0.15, 0.2) is 33.2 Å². The first kappa shape index (κ1) is 13.7. The van der Waals surface area contributed by atoms with Crippen LogP contribution in [0.4, 0.5) is 0 Å². The van der Waals surface area contributed by atoms with Crippen molar-refractivity contribution in [2.45, 2.75) is 17.2 Å². The summed E-state index contributed by atoms with van der Waals surface area (Å²) in [5.74, 6) is 0. The van der Waals surface area contributed by atoms with Crippen molar-refractivity contribution in [1.82, 2.24) is 4.72 Å². The monoisotopic (exact) mass is 302 g/mol. The Balaban J connectivity index is 2.05. The van der Waals surface area contributed by atoms with Crippen molar-refractivity contribution in [3.05, 3.63) is 39.4 Å². The van der Waals surface area contributed by atoms with Gasteiger partial charge >= 0.3 is 0 Å². The highest BCUT2D eigenvalue weighted by Gasteiger charge is 2.16. The Hall–Kier alpha value is -0.730. The zero-order valence-corrected chi connectivity index (χ0v) is 12.1. The molecule has 2 aromatic rings. The second-order valence-electron chi connectivity index (χ2n) is 3.72. The number of nitrogens with one attached hydrogen (secondary N) is 1. The van der Waals surface area contributed by atoms with Gasteiger partial charge in [0.2, 0.25) is 10.0 Å².